The van der Waals surface area contributed by atoms with Crippen molar-refractivity contribution in [1.82, 2.24) is 5.32 Å². The van der Waals surface area contributed by atoms with Gasteiger partial charge in [0.15, 0.2) is 0 Å². The molecule has 0 saturated heterocycles. The smallest absolute Gasteiger partial charge is 0.320 e. The van der Waals surface area contributed by atoms with Crippen molar-refractivity contribution in [2.45, 2.75) is 19.4 Å². The molecule has 112 valence electrons. The van der Waals surface area contributed by atoms with E-state index in [0.717, 1.165) is 12.2 Å². The van der Waals surface area contributed by atoms with Crippen LogP contribution in [0.2, 0.25) is 0 Å². The van der Waals surface area contributed by atoms with Gasteiger partial charge in [0.25, 0.3) is 0 Å². The molecule has 0 fully saturated rings. The SMILES string of the molecule is CCN(CCC(NC)C(=O)O)c1cccc2ccccc12. The minimum Gasteiger partial charge on any atom is -0.480 e. The van der Waals surface area contributed by atoms with Crippen LogP contribution in [0.3, 0.4) is 0 Å². The zero-order valence-electron chi connectivity index (χ0n) is 12.5. The number of hydrogen-bond acceptors (Lipinski definition) is 3. The van der Waals surface area contributed by atoms with E-state index < -0.39 is 12.0 Å². The van der Waals surface area contributed by atoms with Crippen LogP contribution in [0.5, 0.6) is 0 Å². The number of anilines is 1. The van der Waals surface area contributed by atoms with Gasteiger partial charge in [-0.15, -0.1) is 0 Å². The molecule has 2 rings (SSSR count). The fraction of sp³-hybridized carbons (Fsp3) is 0.353. The predicted octanol–water partition coefficient (Wildman–Crippen LogP) is 2.73. The molecule has 0 spiro atoms. The normalized spacial score (nSPS) is 12.3. The molecule has 2 aromatic carbocycles. The number of carboxylic acid groups (broad SMARTS) is 1. The maximum atomic E-state index is 11.1. The Morgan fingerprint density at radius 2 is 1.95 bits per heavy atom. The number of carboxylic acids is 1. The molecule has 4 heteroatoms. The third-order valence-electron chi connectivity index (χ3n) is 3.82. The third kappa shape index (κ3) is 3.52. The highest BCUT2D eigenvalue weighted by Crippen LogP contribution is 2.26. The number of aliphatic carboxylic acids is 1. The summed E-state index contributed by atoms with van der Waals surface area (Å²) in [5.41, 5.74) is 1.16. The van der Waals surface area contributed by atoms with E-state index in [9.17, 15) is 4.79 Å². The van der Waals surface area contributed by atoms with Crippen molar-refractivity contribution in [3.63, 3.8) is 0 Å². The zero-order chi connectivity index (χ0) is 15.2. The van der Waals surface area contributed by atoms with Gasteiger partial charge in [-0.05, 0) is 31.8 Å². The molecule has 0 aromatic heterocycles. The van der Waals surface area contributed by atoms with E-state index in [1.807, 2.05) is 18.2 Å². The Morgan fingerprint density at radius 3 is 2.62 bits per heavy atom. The lowest BCUT2D eigenvalue weighted by molar-refractivity contribution is -0.139. The van der Waals surface area contributed by atoms with Crippen LogP contribution in [0.15, 0.2) is 42.5 Å². The van der Waals surface area contributed by atoms with Gasteiger partial charge in [-0.2, -0.15) is 0 Å². The van der Waals surface area contributed by atoms with E-state index in [1.54, 1.807) is 7.05 Å². The maximum Gasteiger partial charge on any atom is 0.320 e. The van der Waals surface area contributed by atoms with Gasteiger partial charge in [-0.1, -0.05) is 36.4 Å². The number of nitrogens with one attached hydrogen (secondary N) is 1. The van der Waals surface area contributed by atoms with Crippen molar-refractivity contribution in [2.75, 3.05) is 25.0 Å². The lowest BCUT2D eigenvalue weighted by atomic mass is 10.1. The second kappa shape index (κ2) is 7.09. The highest BCUT2D eigenvalue weighted by atomic mass is 16.4. The first kappa shape index (κ1) is 15.3. The predicted molar refractivity (Wildman–Crippen MR) is 86.9 cm³/mol. The quantitative estimate of drug-likeness (QED) is 0.822. The van der Waals surface area contributed by atoms with Gasteiger partial charge in [0.2, 0.25) is 0 Å². The number of rotatable bonds is 7. The summed E-state index contributed by atoms with van der Waals surface area (Å²) in [6.07, 6.45) is 0.572. The average Bonchev–Trinajstić information content (AvgIpc) is 2.51. The molecule has 0 aliphatic heterocycles. The maximum absolute atomic E-state index is 11.1. The lowest BCUT2D eigenvalue weighted by Crippen LogP contribution is -2.38. The van der Waals surface area contributed by atoms with Crippen LogP contribution in [0.1, 0.15) is 13.3 Å². The van der Waals surface area contributed by atoms with Crippen molar-refractivity contribution < 1.29 is 9.90 Å². The lowest BCUT2D eigenvalue weighted by Gasteiger charge is -2.26. The Kier molecular flexibility index (Phi) is 5.17. The molecule has 1 unspecified atom stereocenters. The Morgan fingerprint density at radius 1 is 1.24 bits per heavy atom. The van der Waals surface area contributed by atoms with Crippen LogP contribution in [0.4, 0.5) is 5.69 Å². The Balaban J connectivity index is 2.22. The fourth-order valence-corrected chi connectivity index (χ4v) is 2.61. The van der Waals surface area contributed by atoms with Crippen LogP contribution in [0.25, 0.3) is 10.8 Å². The van der Waals surface area contributed by atoms with Gasteiger partial charge < -0.3 is 15.3 Å². The van der Waals surface area contributed by atoms with Crippen molar-refractivity contribution in [1.29, 1.82) is 0 Å². The first-order chi connectivity index (χ1) is 10.2. The summed E-state index contributed by atoms with van der Waals surface area (Å²) in [4.78, 5) is 13.3. The molecule has 4 nitrogen and oxygen atoms in total. The summed E-state index contributed by atoms with van der Waals surface area (Å²) in [6, 6.07) is 14.0. The van der Waals surface area contributed by atoms with Crippen molar-refractivity contribution in [3.8, 4) is 0 Å². The fourth-order valence-electron chi connectivity index (χ4n) is 2.61. The summed E-state index contributed by atoms with van der Waals surface area (Å²) < 4.78 is 0. The van der Waals surface area contributed by atoms with E-state index in [1.165, 1.54) is 10.8 Å². The molecule has 21 heavy (non-hydrogen) atoms. The van der Waals surface area contributed by atoms with Gasteiger partial charge in [-0.25, -0.2) is 0 Å². The zero-order valence-corrected chi connectivity index (χ0v) is 12.5. The largest absolute Gasteiger partial charge is 0.480 e. The second-order valence-electron chi connectivity index (χ2n) is 5.05. The molecule has 0 heterocycles. The van der Waals surface area contributed by atoms with Gasteiger partial charge in [0, 0.05) is 24.2 Å². The number of fused-ring (bicyclic) bond motifs is 1. The molecule has 2 aromatic rings. The van der Waals surface area contributed by atoms with Crippen LogP contribution in [0, 0.1) is 0 Å². The molecule has 0 aliphatic rings. The highest BCUT2D eigenvalue weighted by Gasteiger charge is 2.16. The van der Waals surface area contributed by atoms with Crippen LogP contribution in [-0.2, 0) is 4.79 Å². The first-order valence-corrected chi connectivity index (χ1v) is 7.30. The number of hydrogen-bond donors (Lipinski definition) is 2. The molecule has 0 saturated carbocycles. The minimum absolute atomic E-state index is 0.506. The summed E-state index contributed by atoms with van der Waals surface area (Å²) in [6.45, 7) is 3.66. The summed E-state index contributed by atoms with van der Waals surface area (Å²) >= 11 is 0. The molecule has 0 aliphatic carbocycles. The topological polar surface area (TPSA) is 52.6 Å². The van der Waals surface area contributed by atoms with E-state index in [-0.39, 0.29) is 0 Å². The molecule has 2 N–H and O–H groups in total. The number of carbonyl (C=O) groups is 1. The van der Waals surface area contributed by atoms with Crippen LogP contribution in [-0.4, -0.2) is 37.3 Å². The standard InChI is InChI=1S/C17H22N2O2/c1-3-19(12-11-15(18-2)17(20)21)16-10-6-8-13-7-4-5-9-14(13)16/h4-10,15,18H,3,11-12H2,1-2H3,(H,20,21). The minimum atomic E-state index is -0.800. The molecule has 0 radical (unpaired) electrons. The molecule has 0 amide bonds. The van der Waals surface area contributed by atoms with E-state index in [4.69, 9.17) is 5.11 Å². The van der Waals surface area contributed by atoms with Crippen LogP contribution >= 0.6 is 0 Å². The van der Waals surface area contributed by atoms with Crippen molar-refractivity contribution >= 4 is 22.4 Å². The van der Waals surface area contributed by atoms with E-state index >= 15 is 0 Å². The summed E-state index contributed by atoms with van der Waals surface area (Å²) in [7, 11) is 1.69. The molecule has 0 bridgehead atoms. The highest BCUT2D eigenvalue weighted by molar-refractivity contribution is 5.94. The monoisotopic (exact) mass is 286 g/mol. The third-order valence-corrected chi connectivity index (χ3v) is 3.82. The van der Waals surface area contributed by atoms with E-state index in [2.05, 4.69) is 41.4 Å². The Labute approximate surface area is 125 Å². The number of nitrogens with zero attached hydrogens (tertiary/aromatic N) is 1. The Bertz CT molecular complexity index is 607. The van der Waals surface area contributed by atoms with Gasteiger partial charge in [-0.3, -0.25) is 4.79 Å². The van der Waals surface area contributed by atoms with Gasteiger partial charge >= 0.3 is 5.97 Å². The van der Waals surface area contributed by atoms with Gasteiger partial charge in [0.1, 0.15) is 6.04 Å². The van der Waals surface area contributed by atoms with Crippen molar-refractivity contribution in [3.05, 3.63) is 42.5 Å². The first-order valence-electron chi connectivity index (χ1n) is 7.30. The number of likely N-dealkylation sites (N-methyl/N-ethyl adjacent to an activating group) is 1. The number of benzene rings is 2. The Hall–Kier alpha value is -2.07. The second-order valence-corrected chi connectivity index (χ2v) is 5.05. The van der Waals surface area contributed by atoms with E-state index in [0.29, 0.717) is 13.0 Å². The molecule has 1 atom stereocenters. The molecular formula is C17H22N2O2. The average molecular weight is 286 g/mol. The molecular weight excluding hydrogens is 264 g/mol. The summed E-state index contributed by atoms with van der Waals surface area (Å²) in [5.74, 6) is -0.800. The van der Waals surface area contributed by atoms with Crippen LogP contribution < -0.4 is 10.2 Å². The van der Waals surface area contributed by atoms with Gasteiger partial charge in [0.05, 0.1) is 0 Å². The van der Waals surface area contributed by atoms with Crippen molar-refractivity contribution in [2.24, 2.45) is 0 Å². The summed E-state index contributed by atoms with van der Waals surface area (Å²) in [5, 5.41) is 14.4.